The van der Waals surface area contributed by atoms with Gasteiger partial charge in [0.15, 0.2) is 0 Å². The predicted octanol–water partition coefficient (Wildman–Crippen LogP) is 3.59. The molecular formula is C19H26BrN3O. The maximum atomic E-state index is 13.0. The quantitative estimate of drug-likeness (QED) is 0.817. The molecule has 2 aromatic rings. The maximum absolute atomic E-state index is 13.0. The number of carbonyl (C=O) groups excluding carboxylic acids is 1. The van der Waals surface area contributed by atoms with Gasteiger partial charge in [-0.05, 0) is 85.9 Å². The minimum Gasteiger partial charge on any atom is -0.349 e. The number of carbonyl (C=O) groups is 1. The molecule has 0 spiro atoms. The molecule has 3 rings (SSSR count). The van der Waals surface area contributed by atoms with Crippen molar-refractivity contribution in [3.8, 4) is 0 Å². The summed E-state index contributed by atoms with van der Waals surface area (Å²) in [4.78, 5) is 18.4. The molecule has 24 heavy (non-hydrogen) atoms. The number of rotatable bonds is 5. The second-order valence-corrected chi connectivity index (χ2v) is 7.95. The Kier molecular flexibility index (Phi) is 5.02. The number of nitrogens with one attached hydrogen (secondary N) is 2. The summed E-state index contributed by atoms with van der Waals surface area (Å²) in [5, 5.41) is 4.41. The number of amides is 1. The van der Waals surface area contributed by atoms with Crippen LogP contribution in [0.25, 0.3) is 10.9 Å². The lowest BCUT2D eigenvalue weighted by Crippen LogP contribution is -2.41. The number of aromatic amines is 1. The molecule has 5 heteroatoms. The highest BCUT2D eigenvalue weighted by atomic mass is 79.9. The van der Waals surface area contributed by atoms with Crippen LogP contribution in [0.3, 0.4) is 0 Å². The number of fused-ring (bicyclic) bond motifs is 1. The lowest BCUT2D eigenvalue weighted by atomic mass is 9.82. The number of hydrogen-bond acceptors (Lipinski definition) is 2. The summed E-state index contributed by atoms with van der Waals surface area (Å²) in [6.07, 6.45) is 3.20. The highest BCUT2D eigenvalue weighted by Gasteiger charge is 2.35. The topological polar surface area (TPSA) is 48.1 Å². The van der Waals surface area contributed by atoms with Gasteiger partial charge in [0.25, 0.3) is 0 Å². The van der Waals surface area contributed by atoms with E-state index in [-0.39, 0.29) is 5.91 Å². The van der Waals surface area contributed by atoms with Crippen LogP contribution in [-0.2, 0) is 16.6 Å². The van der Waals surface area contributed by atoms with Crippen molar-refractivity contribution in [3.63, 3.8) is 0 Å². The van der Waals surface area contributed by atoms with Gasteiger partial charge < -0.3 is 15.2 Å². The smallest absolute Gasteiger partial charge is 0.232 e. The van der Waals surface area contributed by atoms with Crippen molar-refractivity contribution in [2.24, 2.45) is 0 Å². The average Bonchev–Trinajstić information content (AvgIpc) is 3.19. The Hall–Kier alpha value is -1.33. The van der Waals surface area contributed by atoms with Gasteiger partial charge in [-0.2, -0.15) is 0 Å². The molecule has 1 aromatic heterocycles. The summed E-state index contributed by atoms with van der Waals surface area (Å²) in [6.45, 7) is 6.81. The van der Waals surface area contributed by atoms with Gasteiger partial charge in [-0.1, -0.05) is 6.07 Å². The molecule has 1 aliphatic heterocycles. The van der Waals surface area contributed by atoms with Gasteiger partial charge >= 0.3 is 0 Å². The van der Waals surface area contributed by atoms with E-state index in [1.165, 1.54) is 10.9 Å². The largest absolute Gasteiger partial charge is 0.349 e. The van der Waals surface area contributed by atoms with Gasteiger partial charge in [-0.25, -0.2) is 0 Å². The minimum atomic E-state index is -0.497. The van der Waals surface area contributed by atoms with Crippen molar-refractivity contribution >= 4 is 32.7 Å². The molecule has 4 nitrogen and oxygen atoms in total. The monoisotopic (exact) mass is 391 g/mol. The van der Waals surface area contributed by atoms with Crippen LogP contribution in [0, 0.1) is 0 Å². The fourth-order valence-corrected chi connectivity index (χ4v) is 4.16. The molecule has 2 N–H and O–H groups in total. The SMILES string of the molecule is CNCCc1c(Br)[nH]c2ccc(C(C)(C)C(=O)N3CCCC3)cc12. The first kappa shape index (κ1) is 17.5. The van der Waals surface area contributed by atoms with Crippen LogP contribution in [0.5, 0.6) is 0 Å². The fourth-order valence-electron chi connectivity index (χ4n) is 3.54. The molecule has 2 heterocycles. The molecule has 0 aliphatic carbocycles. The summed E-state index contributed by atoms with van der Waals surface area (Å²) in [6, 6.07) is 6.37. The van der Waals surface area contributed by atoms with Crippen molar-refractivity contribution in [1.82, 2.24) is 15.2 Å². The normalized spacial score (nSPS) is 15.4. The summed E-state index contributed by atoms with van der Waals surface area (Å²) < 4.78 is 1.04. The number of hydrogen-bond donors (Lipinski definition) is 2. The summed E-state index contributed by atoms with van der Waals surface area (Å²) >= 11 is 3.64. The first-order valence-electron chi connectivity index (χ1n) is 8.69. The Bertz CT molecular complexity index is 744. The zero-order valence-corrected chi connectivity index (χ0v) is 16.3. The highest BCUT2D eigenvalue weighted by molar-refractivity contribution is 9.10. The Morgan fingerprint density at radius 2 is 2.04 bits per heavy atom. The van der Waals surface area contributed by atoms with Crippen LogP contribution in [0.1, 0.15) is 37.8 Å². The summed E-state index contributed by atoms with van der Waals surface area (Å²) in [7, 11) is 1.96. The van der Waals surface area contributed by atoms with Gasteiger partial charge in [-0.15, -0.1) is 0 Å². The molecule has 130 valence electrons. The van der Waals surface area contributed by atoms with Gasteiger partial charge in [0.2, 0.25) is 5.91 Å². The number of benzene rings is 1. The first-order valence-corrected chi connectivity index (χ1v) is 9.49. The molecule has 1 amide bonds. The molecule has 0 bridgehead atoms. The van der Waals surface area contributed by atoms with Crippen LogP contribution >= 0.6 is 15.9 Å². The fraction of sp³-hybridized carbons (Fsp3) is 0.526. The van der Waals surface area contributed by atoms with E-state index in [4.69, 9.17) is 0 Å². The third-order valence-electron chi connectivity index (χ3n) is 5.13. The van der Waals surface area contributed by atoms with E-state index in [1.807, 2.05) is 25.8 Å². The predicted molar refractivity (Wildman–Crippen MR) is 102 cm³/mol. The van der Waals surface area contributed by atoms with E-state index >= 15 is 0 Å². The number of nitrogens with zero attached hydrogens (tertiary/aromatic N) is 1. The highest BCUT2D eigenvalue weighted by Crippen LogP contribution is 2.33. The van der Waals surface area contributed by atoms with Crippen LogP contribution in [0.4, 0.5) is 0 Å². The summed E-state index contributed by atoms with van der Waals surface area (Å²) in [5.74, 6) is 0.241. The first-order chi connectivity index (χ1) is 11.4. The number of H-pyrrole nitrogens is 1. The lowest BCUT2D eigenvalue weighted by molar-refractivity contribution is -0.135. The van der Waals surface area contributed by atoms with E-state index in [2.05, 4.69) is 44.4 Å². The third-order valence-corrected chi connectivity index (χ3v) is 5.81. The molecule has 0 radical (unpaired) electrons. The van der Waals surface area contributed by atoms with Crippen LogP contribution in [-0.4, -0.2) is 42.5 Å². The van der Waals surface area contributed by atoms with E-state index in [0.29, 0.717) is 0 Å². The molecule has 1 aliphatic rings. The Balaban J connectivity index is 1.98. The van der Waals surface area contributed by atoms with Crippen molar-refractivity contribution in [2.45, 2.75) is 38.5 Å². The van der Waals surface area contributed by atoms with E-state index in [0.717, 1.165) is 54.6 Å². The molecule has 0 saturated carbocycles. The van der Waals surface area contributed by atoms with Gasteiger partial charge in [0, 0.05) is 24.0 Å². The van der Waals surface area contributed by atoms with E-state index in [1.54, 1.807) is 0 Å². The zero-order chi connectivity index (χ0) is 17.3. The van der Waals surface area contributed by atoms with Crippen LogP contribution in [0.2, 0.25) is 0 Å². The Morgan fingerprint density at radius 3 is 2.71 bits per heavy atom. The molecule has 0 unspecified atom stereocenters. The molecule has 1 saturated heterocycles. The van der Waals surface area contributed by atoms with Gasteiger partial charge in [0.05, 0.1) is 10.0 Å². The van der Waals surface area contributed by atoms with Gasteiger partial charge in [0.1, 0.15) is 0 Å². The minimum absolute atomic E-state index is 0.241. The average molecular weight is 392 g/mol. The van der Waals surface area contributed by atoms with Crippen molar-refractivity contribution in [3.05, 3.63) is 33.9 Å². The molecule has 0 atom stereocenters. The third kappa shape index (κ3) is 3.11. The number of halogens is 1. The molecule has 1 fully saturated rings. The zero-order valence-electron chi connectivity index (χ0n) is 14.7. The van der Waals surface area contributed by atoms with E-state index in [9.17, 15) is 4.79 Å². The number of likely N-dealkylation sites (tertiary alicyclic amines) is 1. The lowest BCUT2D eigenvalue weighted by Gasteiger charge is -2.29. The number of aromatic nitrogens is 1. The van der Waals surface area contributed by atoms with Gasteiger partial charge in [-0.3, -0.25) is 4.79 Å². The Labute approximate surface area is 152 Å². The number of likely N-dealkylation sites (N-methyl/N-ethyl adjacent to an activating group) is 1. The van der Waals surface area contributed by atoms with E-state index < -0.39 is 5.41 Å². The molecular weight excluding hydrogens is 366 g/mol. The van der Waals surface area contributed by atoms with Crippen molar-refractivity contribution in [1.29, 1.82) is 0 Å². The second-order valence-electron chi connectivity index (χ2n) is 7.16. The van der Waals surface area contributed by atoms with Crippen LogP contribution < -0.4 is 5.32 Å². The molecule has 1 aromatic carbocycles. The summed E-state index contributed by atoms with van der Waals surface area (Å²) in [5.41, 5.74) is 2.97. The maximum Gasteiger partial charge on any atom is 0.232 e. The van der Waals surface area contributed by atoms with Crippen LogP contribution in [0.15, 0.2) is 22.8 Å². The second kappa shape index (κ2) is 6.89. The van der Waals surface area contributed by atoms with Crippen molar-refractivity contribution < 1.29 is 4.79 Å². The Morgan fingerprint density at radius 1 is 1.33 bits per heavy atom. The standard InChI is InChI=1S/C19H26BrN3O/c1-19(2,18(24)23-10-4-5-11-23)13-6-7-16-15(12-13)14(8-9-21-3)17(20)22-16/h6-7,12,21-22H,4-5,8-11H2,1-3H3. The van der Waals surface area contributed by atoms with Crippen molar-refractivity contribution in [2.75, 3.05) is 26.7 Å².